The van der Waals surface area contributed by atoms with Gasteiger partial charge in [-0.3, -0.25) is 0 Å². The van der Waals surface area contributed by atoms with Gasteiger partial charge in [-0.05, 0) is 11.6 Å². The van der Waals surface area contributed by atoms with Crippen molar-refractivity contribution in [2.75, 3.05) is 0 Å². The summed E-state index contributed by atoms with van der Waals surface area (Å²) < 4.78 is 2.44. The summed E-state index contributed by atoms with van der Waals surface area (Å²) in [4.78, 5) is 0. The molecule has 2 aromatic carbocycles. The highest BCUT2D eigenvalue weighted by Crippen LogP contribution is 2.32. The first-order valence-corrected chi connectivity index (χ1v) is 6.93. The molecule has 0 N–H and O–H groups in total. The molecule has 0 bridgehead atoms. The van der Waals surface area contributed by atoms with E-state index in [-0.39, 0.29) is 0 Å². The fourth-order valence-corrected chi connectivity index (χ4v) is 3.19. The minimum Gasteiger partial charge on any atom is -0.201 e. The molecule has 1 heteroatoms. The van der Waals surface area contributed by atoms with Gasteiger partial charge >= 0.3 is 0 Å². The number of nitrogens with zero attached hydrogens (tertiary/aromatic N) is 1. The Kier molecular flexibility index (Phi) is 2.37. The van der Waals surface area contributed by atoms with Crippen LogP contribution in [0.3, 0.4) is 0 Å². The zero-order valence-electron chi connectivity index (χ0n) is 10.8. The van der Waals surface area contributed by atoms with Gasteiger partial charge < -0.3 is 0 Å². The van der Waals surface area contributed by atoms with Crippen LogP contribution in [-0.2, 0) is 13.0 Å². The molecule has 1 aromatic heterocycles. The van der Waals surface area contributed by atoms with Crippen LogP contribution in [0, 0.1) is 0 Å². The van der Waals surface area contributed by atoms with Gasteiger partial charge in [0.05, 0.1) is 5.56 Å². The van der Waals surface area contributed by atoms with Crippen LogP contribution in [0.5, 0.6) is 0 Å². The number of hydrogen-bond acceptors (Lipinski definition) is 0. The topological polar surface area (TPSA) is 3.88 Å². The summed E-state index contributed by atoms with van der Waals surface area (Å²) in [5.74, 6) is 0. The summed E-state index contributed by atoms with van der Waals surface area (Å²) >= 11 is 0. The van der Waals surface area contributed by atoms with E-state index in [0.717, 1.165) is 6.54 Å². The molecular weight excluding hydrogens is 230 g/mol. The third-order valence-electron chi connectivity index (χ3n) is 4.04. The molecule has 0 fully saturated rings. The fraction of sp³-hybridized carbons (Fsp3) is 0.167. The largest absolute Gasteiger partial charge is 0.201 e. The Labute approximate surface area is 113 Å². The standard InChI is InChI=1S/C18H16N/c1-2-7-14(8-3-1)18-16-10-5-4-9-15(16)13-19-12-6-11-17(18)19/h1-5,7-10,13H,6,11-12H2/q+1. The summed E-state index contributed by atoms with van der Waals surface area (Å²) in [7, 11) is 0. The Morgan fingerprint density at radius 1 is 0.842 bits per heavy atom. The van der Waals surface area contributed by atoms with E-state index in [1.807, 2.05) is 0 Å². The van der Waals surface area contributed by atoms with Crippen LogP contribution in [0.1, 0.15) is 12.1 Å². The van der Waals surface area contributed by atoms with Crippen molar-refractivity contribution in [1.29, 1.82) is 0 Å². The maximum absolute atomic E-state index is 2.44. The number of aromatic nitrogens is 1. The van der Waals surface area contributed by atoms with E-state index < -0.39 is 0 Å². The number of hydrogen-bond donors (Lipinski definition) is 0. The van der Waals surface area contributed by atoms with E-state index in [2.05, 4.69) is 65.4 Å². The van der Waals surface area contributed by atoms with E-state index in [4.69, 9.17) is 0 Å². The van der Waals surface area contributed by atoms with E-state index in [0.29, 0.717) is 0 Å². The van der Waals surface area contributed by atoms with Gasteiger partial charge in [0.15, 0.2) is 11.9 Å². The monoisotopic (exact) mass is 246 g/mol. The molecule has 19 heavy (non-hydrogen) atoms. The first-order chi connectivity index (χ1) is 9.43. The van der Waals surface area contributed by atoms with Gasteiger partial charge in [-0.1, -0.05) is 48.5 Å². The first-order valence-electron chi connectivity index (χ1n) is 6.93. The number of rotatable bonds is 1. The minimum absolute atomic E-state index is 1.15. The predicted octanol–water partition coefficient (Wildman–Crippen LogP) is 3.74. The Balaban J connectivity index is 2.13. The highest BCUT2D eigenvalue weighted by atomic mass is 15.0. The van der Waals surface area contributed by atoms with Crippen molar-refractivity contribution in [3.8, 4) is 11.1 Å². The molecule has 1 aliphatic heterocycles. The van der Waals surface area contributed by atoms with Crippen molar-refractivity contribution in [2.24, 2.45) is 0 Å². The number of benzene rings is 2. The number of pyridine rings is 1. The van der Waals surface area contributed by atoms with Crippen molar-refractivity contribution < 1.29 is 4.57 Å². The molecule has 2 heterocycles. The van der Waals surface area contributed by atoms with Gasteiger partial charge in [0, 0.05) is 23.6 Å². The van der Waals surface area contributed by atoms with Gasteiger partial charge in [-0.15, -0.1) is 0 Å². The van der Waals surface area contributed by atoms with Crippen LogP contribution < -0.4 is 4.57 Å². The van der Waals surface area contributed by atoms with Crippen molar-refractivity contribution in [3.63, 3.8) is 0 Å². The molecule has 0 aliphatic carbocycles. The lowest BCUT2D eigenvalue weighted by Crippen LogP contribution is -2.33. The van der Waals surface area contributed by atoms with E-state index in [1.165, 1.54) is 40.4 Å². The summed E-state index contributed by atoms with van der Waals surface area (Å²) in [5.41, 5.74) is 4.26. The Morgan fingerprint density at radius 2 is 1.63 bits per heavy atom. The molecule has 92 valence electrons. The van der Waals surface area contributed by atoms with Crippen LogP contribution in [0.25, 0.3) is 21.9 Å². The van der Waals surface area contributed by atoms with E-state index in [9.17, 15) is 0 Å². The lowest BCUT2D eigenvalue weighted by molar-refractivity contribution is -0.689. The highest BCUT2D eigenvalue weighted by Gasteiger charge is 2.25. The minimum atomic E-state index is 1.15. The molecular formula is C18H16N+. The Bertz CT molecular complexity index is 744. The molecule has 0 unspecified atom stereocenters. The second kappa shape index (κ2) is 4.20. The average Bonchev–Trinajstić information content (AvgIpc) is 2.93. The third-order valence-corrected chi connectivity index (χ3v) is 4.04. The first kappa shape index (κ1) is 10.7. The molecule has 0 atom stereocenters. The molecule has 1 nitrogen and oxygen atoms in total. The van der Waals surface area contributed by atoms with Gasteiger partial charge in [0.25, 0.3) is 0 Å². The summed E-state index contributed by atoms with van der Waals surface area (Å²) in [5, 5.41) is 2.72. The quantitative estimate of drug-likeness (QED) is 0.576. The number of aryl methyl sites for hydroxylation is 1. The smallest absolute Gasteiger partial charge is 0.190 e. The van der Waals surface area contributed by atoms with Crippen LogP contribution in [-0.4, -0.2) is 0 Å². The van der Waals surface area contributed by atoms with Gasteiger partial charge in [-0.2, -0.15) is 0 Å². The SMILES string of the molecule is c1ccc(-c2c3[n+](cc4ccccc24)CCC3)cc1. The molecule has 1 aliphatic rings. The molecule has 0 saturated heterocycles. The fourth-order valence-electron chi connectivity index (χ4n) is 3.19. The lowest BCUT2D eigenvalue weighted by Gasteiger charge is -2.08. The van der Waals surface area contributed by atoms with Crippen molar-refractivity contribution in [3.05, 3.63) is 66.5 Å². The molecule has 0 amide bonds. The number of fused-ring (bicyclic) bond motifs is 2. The van der Waals surface area contributed by atoms with Crippen LogP contribution >= 0.6 is 0 Å². The lowest BCUT2D eigenvalue weighted by atomic mass is 9.96. The predicted molar refractivity (Wildman–Crippen MR) is 77.9 cm³/mol. The molecule has 3 aromatic rings. The molecule has 0 radical (unpaired) electrons. The van der Waals surface area contributed by atoms with Crippen molar-refractivity contribution in [2.45, 2.75) is 19.4 Å². The highest BCUT2D eigenvalue weighted by molar-refractivity contribution is 5.96. The van der Waals surface area contributed by atoms with E-state index >= 15 is 0 Å². The van der Waals surface area contributed by atoms with Crippen molar-refractivity contribution >= 4 is 10.8 Å². The maximum atomic E-state index is 2.44. The average molecular weight is 246 g/mol. The summed E-state index contributed by atoms with van der Waals surface area (Å²) in [6.07, 6.45) is 4.76. The zero-order valence-corrected chi connectivity index (χ0v) is 10.8. The maximum Gasteiger partial charge on any atom is 0.190 e. The summed E-state index contributed by atoms with van der Waals surface area (Å²) in [6.45, 7) is 1.15. The van der Waals surface area contributed by atoms with Crippen molar-refractivity contribution in [1.82, 2.24) is 0 Å². The third kappa shape index (κ3) is 1.66. The molecule has 4 rings (SSSR count). The van der Waals surface area contributed by atoms with E-state index in [1.54, 1.807) is 0 Å². The second-order valence-corrected chi connectivity index (χ2v) is 5.20. The Morgan fingerprint density at radius 3 is 2.53 bits per heavy atom. The van der Waals surface area contributed by atoms with Gasteiger partial charge in [0.1, 0.15) is 6.54 Å². The molecule has 0 saturated carbocycles. The zero-order chi connectivity index (χ0) is 12.7. The van der Waals surface area contributed by atoms with Crippen LogP contribution in [0.2, 0.25) is 0 Å². The molecule has 0 spiro atoms. The summed E-state index contributed by atoms with van der Waals surface area (Å²) in [6, 6.07) is 19.5. The normalized spacial score (nSPS) is 13.7. The van der Waals surface area contributed by atoms with Crippen LogP contribution in [0.4, 0.5) is 0 Å². The Hall–Kier alpha value is -2.15. The van der Waals surface area contributed by atoms with Crippen LogP contribution in [0.15, 0.2) is 60.8 Å². The van der Waals surface area contributed by atoms with Gasteiger partial charge in [-0.25, -0.2) is 4.57 Å². The van der Waals surface area contributed by atoms with Gasteiger partial charge in [0.2, 0.25) is 0 Å². The second-order valence-electron chi connectivity index (χ2n) is 5.20.